The van der Waals surface area contributed by atoms with Crippen LogP contribution in [0.4, 0.5) is 4.39 Å². The molecule has 3 aromatic carbocycles. The first-order valence-corrected chi connectivity index (χ1v) is 8.31. The maximum Gasteiger partial charge on any atom is 0.251 e. The van der Waals surface area contributed by atoms with Gasteiger partial charge in [-0.25, -0.2) is 4.39 Å². The number of hydrogen-bond acceptors (Lipinski definition) is 2. The van der Waals surface area contributed by atoms with Crippen LogP contribution >= 0.6 is 0 Å². The zero-order valence-electron chi connectivity index (χ0n) is 14.3. The lowest BCUT2D eigenvalue weighted by atomic mass is 10.0. The van der Waals surface area contributed by atoms with E-state index in [0.29, 0.717) is 22.3 Å². The van der Waals surface area contributed by atoms with Gasteiger partial charge in [-0.05, 0) is 25.1 Å². The summed E-state index contributed by atoms with van der Waals surface area (Å²) in [7, 11) is 0. The molecule has 0 aromatic heterocycles. The van der Waals surface area contributed by atoms with Crippen molar-refractivity contribution < 1.29 is 14.0 Å². The minimum atomic E-state index is -0.464. The zero-order valence-corrected chi connectivity index (χ0v) is 14.3. The summed E-state index contributed by atoms with van der Waals surface area (Å²) in [5, 5.41) is 2.77. The van der Waals surface area contributed by atoms with Gasteiger partial charge in [-0.2, -0.15) is 0 Å². The molecule has 1 unspecified atom stereocenters. The molecule has 0 aliphatic heterocycles. The third kappa shape index (κ3) is 3.86. The predicted molar refractivity (Wildman–Crippen MR) is 98.6 cm³/mol. The summed E-state index contributed by atoms with van der Waals surface area (Å²) in [4.78, 5) is 24.8. The Morgan fingerprint density at radius 2 is 1.31 bits per heavy atom. The van der Waals surface area contributed by atoms with Gasteiger partial charge in [-0.1, -0.05) is 60.7 Å². The van der Waals surface area contributed by atoms with Crippen LogP contribution in [0.1, 0.15) is 44.8 Å². The van der Waals surface area contributed by atoms with Gasteiger partial charge in [-0.3, -0.25) is 9.59 Å². The molecule has 0 aliphatic carbocycles. The smallest absolute Gasteiger partial charge is 0.251 e. The third-order valence-corrected chi connectivity index (χ3v) is 4.16. The van der Waals surface area contributed by atoms with E-state index in [9.17, 15) is 14.0 Å². The van der Waals surface area contributed by atoms with E-state index in [4.69, 9.17) is 0 Å². The summed E-state index contributed by atoms with van der Waals surface area (Å²) in [6.07, 6.45) is 0. The molecule has 1 N–H and O–H groups in total. The number of carbonyl (C=O) groups excluding carboxylic acids is 2. The number of halogens is 1. The Labute approximate surface area is 151 Å². The number of hydrogen-bond donors (Lipinski definition) is 1. The molecule has 0 spiro atoms. The number of benzene rings is 3. The summed E-state index contributed by atoms with van der Waals surface area (Å²) >= 11 is 0. The highest BCUT2D eigenvalue weighted by atomic mass is 19.1. The first-order valence-electron chi connectivity index (χ1n) is 8.31. The van der Waals surface area contributed by atoms with Gasteiger partial charge in [0.2, 0.25) is 0 Å². The first-order chi connectivity index (χ1) is 12.6. The number of amides is 1. The van der Waals surface area contributed by atoms with E-state index in [1.54, 1.807) is 73.7 Å². The summed E-state index contributed by atoms with van der Waals surface area (Å²) in [5.41, 5.74) is 1.95. The fourth-order valence-corrected chi connectivity index (χ4v) is 2.71. The predicted octanol–water partition coefficient (Wildman–Crippen LogP) is 4.55. The minimum absolute atomic E-state index is 0.0997. The van der Waals surface area contributed by atoms with Gasteiger partial charge in [0.1, 0.15) is 5.82 Å². The zero-order chi connectivity index (χ0) is 18.5. The van der Waals surface area contributed by atoms with Crippen LogP contribution in [0, 0.1) is 5.82 Å². The molecule has 1 atom stereocenters. The Hall–Kier alpha value is -3.27. The standard InChI is InChI=1S/C22H18FNO2/c1-15(19-9-5-6-10-20(19)23)24-22(26)18-13-11-17(12-14-18)21(25)16-7-3-2-4-8-16/h2-15H,1H3,(H,24,26). The van der Waals surface area contributed by atoms with Crippen LogP contribution in [0.15, 0.2) is 78.9 Å². The molecule has 0 heterocycles. The van der Waals surface area contributed by atoms with Crippen molar-refractivity contribution in [3.8, 4) is 0 Å². The maximum atomic E-state index is 13.8. The Bertz CT molecular complexity index is 920. The van der Waals surface area contributed by atoms with Crippen molar-refractivity contribution in [1.29, 1.82) is 0 Å². The minimum Gasteiger partial charge on any atom is -0.345 e. The van der Waals surface area contributed by atoms with Crippen LogP contribution in [-0.4, -0.2) is 11.7 Å². The fraction of sp³-hybridized carbons (Fsp3) is 0.0909. The average molecular weight is 347 g/mol. The van der Waals surface area contributed by atoms with Crippen LogP contribution in [0.5, 0.6) is 0 Å². The monoisotopic (exact) mass is 347 g/mol. The molecule has 4 heteroatoms. The van der Waals surface area contributed by atoms with Gasteiger partial charge < -0.3 is 5.32 Å². The molecule has 0 saturated heterocycles. The number of ketones is 1. The molecule has 0 radical (unpaired) electrons. The van der Waals surface area contributed by atoms with E-state index < -0.39 is 6.04 Å². The van der Waals surface area contributed by atoms with Crippen molar-refractivity contribution in [3.05, 3.63) is 107 Å². The van der Waals surface area contributed by atoms with Gasteiger partial charge in [0.15, 0.2) is 5.78 Å². The maximum absolute atomic E-state index is 13.8. The van der Waals surface area contributed by atoms with Crippen LogP contribution < -0.4 is 5.32 Å². The molecule has 1 amide bonds. The summed E-state index contributed by atoms with van der Waals surface area (Å²) < 4.78 is 13.8. The molecule has 130 valence electrons. The summed E-state index contributed by atoms with van der Waals surface area (Å²) in [6.45, 7) is 1.73. The van der Waals surface area contributed by atoms with Gasteiger partial charge in [0.05, 0.1) is 6.04 Å². The molecule has 0 fully saturated rings. The van der Waals surface area contributed by atoms with Crippen molar-refractivity contribution in [2.24, 2.45) is 0 Å². The van der Waals surface area contributed by atoms with Gasteiger partial charge in [-0.15, -0.1) is 0 Å². The molecule has 0 aliphatic rings. The lowest BCUT2D eigenvalue weighted by Crippen LogP contribution is -2.27. The Morgan fingerprint density at radius 3 is 1.96 bits per heavy atom. The molecular formula is C22H18FNO2. The van der Waals surface area contributed by atoms with Gasteiger partial charge in [0.25, 0.3) is 5.91 Å². The largest absolute Gasteiger partial charge is 0.345 e. The lowest BCUT2D eigenvalue weighted by Gasteiger charge is -2.15. The molecule has 3 nitrogen and oxygen atoms in total. The molecule has 3 aromatic rings. The van der Waals surface area contributed by atoms with E-state index in [-0.39, 0.29) is 17.5 Å². The van der Waals surface area contributed by atoms with E-state index in [2.05, 4.69) is 5.32 Å². The molecule has 26 heavy (non-hydrogen) atoms. The van der Waals surface area contributed by atoms with Crippen LogP contribution in [0.3, 0.4) is 0 Å². The quantitative estimate of drug-likeness (QED) is 0.688. The SMILES string of the molecule is CC(NC(=O)c1ccc(C(=O)c2ccccc2)cc1)c1ccccc1F. The second kappa shape index (κ2) is 7.74. The van der Waals surface area contributed by atoms with E-state index in [1.165, 1.54) is 6.07 Å². The topological polar surface area (TPSA) is 46.2 Å². The van der Waals surface area contributed by atoms with Crippen molar-refractivity contribution in [2.75, 3.05) is 0 Å². The van der Waals surface area contributed by atoms with E-state index >= 15 is 0 Å². The third-order valence-electron chi connectivity index (χ3n) is 4.16. The Balaban J connectivity index is 1.71. The van der Waals surface area contributed by atoms with Crippen LogP contribution in [0.2, 0.25) is 0 Å². The van der Waals surface area contributed by atoms with Crippen molar-refractivity contribution >= 4 is 11.7 Å². The number of nitrogens with one attached hydrogen (secondary N) is 1. The second-order valence-corrected chi connectivity index (χ2v) is 5.99. The van der Waals surface area contributed by atoms with Gasteiger partial charge in [0, 0.05) is 22.3 Å². The highest BCUT2D eigenvalue weighted by molar-refractivity contribution is 6.09. The van der Waals surface area contributed by atoms with Crippen molar-refractivity contribution in [1.82, 2.24) is 5.32 Å². The molecular weight excluding hydrogens is 329 g/mol. The number of carbonyl (C=O) groups is 2. The highest BCUT2D eigenvalue weighted by Gasteiger charge is 2.15. The van der Waals surface area contributed by atoms with Crippen LogP contribution in [-0.2, 0) is 0 Å². The normalized spacial score (nSPS) is 11.6. The number of rotatable bonds is 5. The first kappa shape index (κ1) is 17.5. The van der Waals surface area contributed by atoms with E-state index in [1.807, 2.05) is 6.07 Å². The summed E-state index contributed by atoms with van der Waals surface area (Å²) in [5.74, 6) is -0.777. The molecule has 0 saturated carbocycles. The van der Waals surface area contributed by atoms with Gasteiger partial charge >= 0.3 is 0 Å². The molecule has 0 bridgehead atoms. The Morgan fingerprint density at radius 1 is 0.769 bits per heavy atom. The molecule has 3 rings (SSSR count). The fourth-order valence-electron chi connectivity index (χ4n) is 2.71. The van der Waals surface area contributed by atoms with Crippen LogP contribution in [0.25, 0.3) is 0 Å². The summed E-state index contributed by atoms with van der Waals surface area (Å²) in [6, 6.07) is 21.3. The average Bonchev–Trinajstić information content (AvgIpc) is 2.68. The highest BCUT2D eigenvalue weighted by Crippen LogP contribution is 2.17. The lowest BCUT2D eigenvalue weighted by molar-refractivity contribution is 0.0938. The Kier molecular flexibility index (Phi) is 5.23. The van der Waals surface area contributed by atoms with E-state index in [0.717, 1.165) is 0 Å². The van der Waals surface area contributed by atoms with Crippen molar-refractivity contribution in [2.45, 2.75) is 13.0 Å². The van der Waals surface area contributed by atoms with Crippen molar-refractivity contribution in [3.63, 3.8) is 0 Å². The second-order valence-electron chi connectivity index (χ2n) is 5.99.